The summed E-state index contributed by atoms with van der Waals surface area (Å²) in [5.74, 6) is -0.0235. The van der Waals surface area contributed by atoms with Crippen molar-refractivity contribution in [3.8, 4) is 11.1 Å². The molecule has 194 valence electrons. The molecule has 0 aromatic heterocycles. The molecule has 5 rings (SSSR count). The second kappa shape index (κ2) is 9.78. The number of rotatable bonds is 5. The minimum absolute atomic E-state index is 0.0235. The molecule has 0 radical (unpaired) electrons. The van der Waals surface area contributed by atoms with E-state index in [4.69, 9.17) is 10.5 Å². The first-order valence-corrected chi connectivity index (χ1v) is 12.6. The minimum atomic E-state index is -5.16. The lowest BCUT2D eigenvalue weighted by atomic mass is 9.74. The van der Waals surface area contributed by atoms with Gasteiger partial charge in [-0.2, -0.15) is 0 Å². The van der Waals surface area contributed by atoms with Gasteiger partial charge in [-0.3, -0.25) is 0 Å². The van der Waals surface area contributed by atoms with Gasteiger partial charge in [0, 0.05) is 44.3 Å². The topological polar surface area (TPSA) is 58.8 Å². The number of halogens is 3. The van der Waals surface area contributed by atoms with Crippen LogP contribution in [-0.2, 0) is 11.3 Å². The van der Waals surface area contributed by atoms with Gasteiger partial charge in [-0.25, -0.2) is 4.79 Å². The summed E-state index contributed by atoms with van der Waals surface area (Å²) in [6, 6.07) is 17.5. The number of nitrogens with zero attached hydrogens (tertiary/aromatic N) is 2. The Morgan fingerprint density at radius 3 is 2.05 bits per heavy atom. The summed E-state index contributed by atoms with van der Waals surface area (Å²) in [5.41, 5.74) is 11.8. The van der Waals surface area contributed by atoms with Crippen molar-refractivity contribution in [2.24, 2.45) is 5.73 Å². The lowest BCUT2D eigenvalue weighted by molar-refractivity contribution is 0.0976. The van der Waals surface area contributed by atoms with Crippen LogP contribution in [0.5, 0.6) is 0 Å². The van der Waals surface area contributed by atoms with E-state index in [1.807, 2.05) is 36.1 Å². The number of hydrogen-bond donors (Lipinski definition) is 1. The number of hydrogen-bond acceptors (Lipinski definition) is 4. The van der Waals surface area contributed by atoms with Crippen molar-refractivity contribution in [2.75, 3.05) is 37.7 Å². The van der Waals surface area contributed by atoms with Gasteiger partial charge in [-0.1, -0.05) is 60.2 Å². The van der Waals surface area contributed by atoms with Crippen molar-refractivity contribution in [1.29, 1.82) is 0 Å². The molecule has 1 heterocycles. The number of anilines is 1. The average molecular weight is 508 g/mol. The lowest BCUT2D eigenvalue weighted by Gasteiger charge is -2.38. The van der Waals surface area contributed by atoms with E-state index in [0.717, 1.165) is 27.8 Å². The van der Waals surface area contributed by atoms with E-state index >= 15 is 0 Å². The zero-order valence-corrected chi connectivity index (χ0v) is 21.0. The van der Waals surface area contributed by atoms with Crippen molar-refractivity contribution in [1.82, 2.24) is 4.90 Å². The van der Waals surface area contributed by atoms with E-state index in [-0.39, 0.29) is 24.6 Å². The number of benzene rings is 3. The standard InChI is InChI=1S/C28H30BF3N3O2/c1-18-20(16-33)15-26(29(30,31)32)19(2)27(18)34-11-13-35(14-12-34)28(36)37-17-25-23-9-5-3-7-21(23)22-8-4-6-10-24(22)25/h3-10,15,25H,11-14,16-17,33H2,1-2H3/q-1. The highest BCUT2D eigenvalue weighted by Crippen LogP contribution is 2.44. The van der Waals surface area contributed by atoms with Crippen LogP contribution in [0.1, 0.15) is 33.7 Å². The number of nitrogens with two attached hydrogens (primary N) is 1. The van der Waals surface area contributed by atoms with E-state index in [9.17, 15) is 17.7 Å². The molecule has 0 spiro atoms. The Kier molecular flexibility index (Phi) is 6.66. The van der Waals surface area contributed by atoms with Gasteiger partial charge in [0.05, 0.1) is 0 Å². The maximum absolute atomic E-state index is 13.7. The summed E-state index contributed by atoms with van der Waals surface area (Å²) in [4.78, 5) is 16.5. The molecule has 0 bridgehead atoms. The molecule has 1 aliphatic carbocycles. The van der Waals surface area contributed by atoms with Crippen LogP contribution < -0.4 is 16.1 Å². The highest BCUT2D eigenvalue weighted by Gasteiger charge is 2.33. The van der Waals surface area contributed by atoms with E-state index in [1.54, 1.807) is 4.90 Å². The Bertz CT molecular complexity index is 1290. The van der Waals surface area contributed by atoms with Gasteiger partial charge in [-0.05, 0) is 47.2 Å². The molecule has 37 heavy (non-hydrogen) atoms. The Balaban J connectivity index is 1.27. The van der Waals surface area contributed by atoms with Crippen molar-refractivity contribution in [3.63, 3.8) is 0 Å². The summed E-state index contributed by atoms with van der Waals surface area (Å²) >= 11 is 0. The molecule has 2 N–H and O–H groups in total. The number of carbonyl (C=O) groups is 1. The van der Waals surface area contributed by atoms with E-state index in [1.165, 1.54) is 13.0 Å². The van der Waals surface area contributed by atoms with Gasteiger partial charge < -0.3 is 33.2 Å². The fourth-order valence-electron chi connectivity index (χ4n) is 5.80. The molecule has 3 aromatic carbocycles. The van der Waals surface area contributed by atoms with Crippen molar-refractivity contribution < 1.29 is 22.5 Å². The summed E-state index contributed by atoms with van der Waals surface area (Å²) in [6.07, 6.45) is -0.398. The number of ether oxygens (including phenoxy) is 1. The summed E-state index contributed by atoms with van der Waals surface area (Å²) < 4.78 is 47.0. The van der Waals surface area contributed by atoms with Crippen LogP contribution in [0, 0.1) is 13.8 Å². The third-order valence-corrected chi connectivity index (χ3v) is 7.72. The van der Waals surface area contributed by atoms with Gasteiger partial charge in [0.25, 0.3) is 0 Å². The predicted octanol–water partition coefficient (Wildman–Crippen LogP) is 4.89. The van der Waals surface area contributed by atoms with Gasteiger partial charge in [0.15, 0.2) is 0 Å². The third-order valence-electron chi connectivity index (χ3n) is 7.72. The quantitative estimate of drug-likeness (QED) is 0.499. The number of piperazine rings is 1. The van der Waals surface area contributed by atoms with E-state index in [0.29, 0.717) is 37.4 Å². The molecule has 1 saturated heterocycles. The maximum Gasteiger partial charge on any atom is 0.509 e. The highest BCUT2D eigenvalue weighted by molar-refractivity contribution is 6.74. The second-order valence-electron chi connectivity index (χ2n) is 9.78. The van der Waals surface area contributed by atoms with Crippen LogP contribution in [-0.4, -0.2) is 50.8 Å². The molecular weight excluding hydrogens is 478 g/mol. The van der Waals surface area contributed by atoms with Gasteiger partial charge >= 0.3 is 13.1 Å². The predicted molar refractivity (Wildman–Crippen MR) is 141 cm³/mol. The molecule has 3 aromatic rings. The van der Waals surface area contributed by atoms with Crippen LogP contribution >= 0.6 is 0 Å². The van der Waals surface area contributed by atoms with Gasteiger partial charge in [0.2, 0.25) is 0 Å². The first-order valence-electron chi connectivity index (χ1n) is 12.6. The monoisotopic (exact) mass is 508 g/mol. The number of amides is 1. The maximum atomic E-state index is 13.7. The fraction of sp³-hybridized carbons (Fsp3) is 0.321. The molecule has 2 aliphatic rings. The van der Waals surface area contributed by atoms with Crippen LogP contribution in [0.4, 0.5) is 23.4 Å². The Morgan fingerprint density at radius 2 is 1.51 bits per heavy atom. The van der Waals surface area contributed by atoms with Crippen LogP contribution in [0.25, 0.3) is 11.1 Å². The number of fused-ring (bicyclic) bond motifs is 3. The third kappa shape index (κ3) is 4.57. The molecule has 5 nitrogen and oxygen atoms in total. The molecular formula is C28H30BF3N3O2-. The SMILES string of the molecule is Cc1c(CN)cc([B-](F)(F)F)c(C)c1N1CCN(C(=O)OCC2c3ccccc3-c3ccccc32)CC1. The summed E-state index contributed by atoms with van der Waals surface area (Å²) in [5, 5.41) is 0. The molecule has 1 aliphatic heterocycles. The first-order chi connectivity index (χ1) is 17.7. The average Bonchev–Trinajstić information content (AvgIpc) is 3.21. The van der Waals surface area contributed by atoms with Crippen LogP contribution in [0.2, 0.25) is 0 Å². The molecule has 0 atom stereocenters. The van der Waals surface area contributed by atoms with Gasteiger partial charge in [0.1, 0.15) is 6.61 Å². The summed E-state index contributed by atoms with van der Waals surface area (Å²) in [6.45, 7) is 0.0328. The zero-order chi connectivity index (χ0) is 26.3. The lowest BCUT2D eigenvalue weighted by Crippen LogP contribution is -2.50. The molecule has 0 saturated carbocycles. The largest absolute Gasteiger partial charge is 0.509 e. The van der Waals surface area contributed by atoms with E-state index < -0.39 is 18.5 Å². The van der Waals surface area contributed by atoms with Crippen LogP contribution in [0.15, 0.2) is 54.6 Å². The van der Waals surface area contributed by atoms with Crippen molar-refractivity contribution in [2.45, 2.75) is 26.3 Å². The Morgan fingerprint density at radius 1 is 0.946 bits per heavy atom. The molecule has 1 amide bonds. The number of carbonyl (C=O) groups excluding carboxylic acids is 1. The molecule has 1 fully saturated rings. The second-order valence-corrected chi connectivity index (χ2v) is 9.78. The molecule has 0 unspecified atom stereocenters. The molecule has 9 heteroatoms. The van der Waals surface area contributed by atoms with Crippen LogP contribution in [0.3, 0.4) is 0 Å². The normalized spacial score (nSPS) is 15.5. The first kappa shape index (κ1) is 25.2. The minimum Gasteiger partial charge on any atom is -0.448 e. The van der Waals surface area contributed by atoms with Crippen molar-refractivity contribution >= 4 is 24.2 Å². The van der Waals surface area contributed by atoms with Gasteiger partial charge in [-0.15, -0.1) is 5.46 Å². The van der Waals surface area contributed by atoms with Crippen molar-refractivity contribution in [3.05, 3.63) is 82.4 Å². The highest BCUT2D eigenvalue weighted by atomic mass is 19.4. The Labute approximate surface area is 215 Å². The smallest absolute Gasteiger partial charge is 0.448 e. The zero-order valence-electron chi connectivity index (χ0n) is 21.0. The van der Waals surface area contributed by atoms with E-state index in [2.05, 4.69) is 24.3 Å². The summed E-state index contributed by atoms with van der Waals surface area (Å²) in [7, 11) is 0. The fourth-order valence-corrected chi connectivity index (χ4v) is 5.80. The Hall–Kier alpha value is -3.46.